The molecular formula is C17H13Cl2N3O2S. The van der Waals surface area contributed by atoms with Crippen molar-refractivity contribution in [3.63, 3.8) is 0 Å². The summed E-state index contributed by atoms with van der Waals surface area (Å²) in [5.41, 5.74) is 0.666. The van der Waals surface area contributed by atoms with Gasteiger partial charge in [0.15, 0.2) is 5.13 Å². The van der Waals surface area contributed by atoms with Crippen LogP contribution in [0, 0.1) is 0 Å². The molecule has 0 aliphatic rings. The Morgan fingerprint density at radius 3 is 2.88 bits per heavy atom. The van der Waals surface area contributed by atoms with E-state index in [9.17, 15) is 9.59 Å². The summed E-state index contributed by atoms with van der Waals surface area (Å²) in [7, 11) is 0. The van der Waals surface area contributed by atoms with Gasteiger partial charge in [-0.15, -0.1) is 11.3 Å². The molecule has 0 bridgehead atoms. The molecule has 3 aromatic rings. The predicted molar refractivity (Wildman–Crippen MR) is 101 cm³/mol. The molecule has 1 amide bonds. The normalized spacial score (nSPS) is 10.6. The van der Waals surface area contributed by atoms with Gasteiger partial charge in [-0.05, 0) is 29.8 Å². The number of halogens is 2. The summed E-state index contributed by atoms with van der Waals surface area (Å²) in [4.78, 5) is 28.8. The number of rotatable bonds is 5. The van der Waals surface area contributed by atoms with Gasteiger partial charge in [0.1, 0.15) is 6.54 Å². The number of nitrogens with zero attached hydrogens (tertiary/aromatic N) is 2. The van der Waals surface area contributed by atoms with Gasteiger partial charge in [0, 0.05) is 39.8 Å². The average molecular weight is 394 g/mol. The summed E-state index contributed by atoms with van der Waals surface area (Å²) in [5.74, 6) is -0.310. The number of anilines is 1. The molecule has 2 heterocycles. The van der Waals surface area contributed by atoms with Crippen LogP contribution in [0.5, 0.6) is 0 Å². The molecular weight excluding hydrogens is 381 g/mol. The number of pyridine rings is 1. The Hall–Kier alpha value is -2.15. The van der Waals surface area contributed by atoms with Crippen molar-refractivity contribution in [3.8, 4) is 0 Å². The Balaban J connectivity index is 1.65. The number of amides is 1. The number of hydrogen-bond acceptors (Lipinski definition) is 4. The quantitative estimate of drug-likeness (QED) is 0.715. The molecule has 1 aromatic carbocycles. The van der Waals surface area contributed by atoms with Gasteiger partial charge in [-0.1, -0.05) is 29.3 Å². The van der Waals surface area contributed by atoms with E-state index in [4.69, 9.17) is 23.2 Å². The van der Waals surface area contributed by atoms with E-state index in [2.05, 4.69) is 10.3 Å². The first-order valence-corrected chi connectivity index (χ1v) is 8.92. The maximum atomic E-state index is 12.1. The second-order valence-corrected chi connectivity index (χ2v) is 7.22. The Labute approximate surface area is 157 Å². The van der Waals surface area contributed by atoms with Crippen LogP contribution in [0.25, 0.3) is 0 Å². The molecule has 0 saturated heterocycles. The third kappa shape index (κ3) is 4.69. The zero-order valence-corrected chi connectivity index (χ0v) is 15.2. The highest BCUT2D eigenvalue weighted by atomic mass is 35.5. The van der Waals surface area contributed by atoms with Crippen molar-refractivity contribution in [2.24, 2.45) is 0 Å². The Kier molecular flexibility index (Phi) is 5.53. The van der Waals surface area contributed by atoms with Crippen LogP contribution in [0.2, 0.25) is 10.0 Å². The highest BCUT2D eigenvalue weighted by Crippen LogP contribution is 2.26. The highest BCUT2D eigenvalue weighted by Gasteiger charge is 2.10. The van der Waals surface area contributed by atoms with Crippen LogP contribution in [0.3, 0.4) is 0 Å². The van der Waals surface area contributed by atoms with Crippen molar-refractivity contribution in [2.75, 3.05) is 5.32 Å². The highest BCUT2D eigenvalue weighted by molar-refractivity contribution is 7.15. The smallest absolute Gasteiger partial charge is 0.250 e. The second-order valence-electron chi connectivity index (χ2n) is 5.26. The summed E-state index contributed by atoms with van der Waals surface area (Å²) in [5, 5.41) is 4.42. The number of benzene rings is 1. The summed E-state index contributed by atoms with van der Waals surface area (Å²) in [6, 6.07) is 10.0. The van der Waals surface area contributed by atoms with Crippen LogP contribution in [0.15, 0.2) is 53.6 Å². The van der Waals surface area contributed by atoms with Crippen LogP contribution in [-0.4, -0.2) is 15.5 Å². The Bertz CT molecular complexity index is 968. The fraction of sp³-hybridized carbons (Fsp3) is 0.118. The Morgan fingerprint density at radius 1 is 1.24 bits per heavy atom. The fourth-order valence-corrected chi connectivity index (χ4v) is 3.45. The number of carbonyl (C=O) groups is 1. The first-order chi connectivity index (χ1) is 12.0. The summed E-state index contributed by atoms with van der Waals surface area (Å²) in [6.45, 7) is -0.0608. The van der Waals surface area contributed by atoms with E-state index >= 15 is 0 Å². The number of hydrogen-bond donors (Lipinski definition) is 1. The van der Waals surface area contributed by atoms with Crippen LogP contribution in [0.4, 0.5) is 5.13 Å². The zero-order valence-electron chi connectivity index (χ0n) is 12.9. The SMILES string of the molecule is O=C(Cn1ccccc1=O)Nc1ncc(Cc2cc(Cl)ccc2Cl)s1. The lowest BCUT2D eigenvalue weighted by Gasteiger charge is -2.04. The van der Waals surface area contributed by atoms with E-state index in [0.29, 0.717) is 21.6 Å². The summed E-state index contributed by atoms with van der Waals surface area (Å²) in [6.07, 6.45) is 3.83. The fourth-order valence-electron chi connectivity index (χ4n) is 2.22. The lowest BCUT2D eigenvalue weighted by molar-refractivity contribution is -0.116. The maximum absolute atomic E-state index is 12.1. The molecule has 1 N–H and O–H groups in total. The van der Waals surface area contributed by atoms with E-state index < -0.39 is 0 Å². The first kappa shape index (κ1) is 17.7. The molecule has 3 rings (SSSR count). The minimum Gasteiger partial charge on any atom is -0.306 e. The number of thiazole rings is 1. The minimum atomic E-state index is -0.310. The van der Waals surface area contributed by atoms with E-state index in [0.717, 1.165) is 10.4 Å². The predicted octanol–water partition coefficient (Wildman–Crippen LogP) is 3.84. The largest absolute Gasteiger partial charge is 0.306 e. The van der Waals surface area contributed by atoms with Gasteiger partial charge in [-0.25, -0.2) is 4.98 Å². The van der Waals surface area contributed by atoms with Crippen LogP contribution < -0.4 is 10.9 Å². The van der Waals surface area contributed by atoms with Gasteiger partial charge in [-0.2, -0.15) is 0 Å². The molecule has 0 unspecified atom stereocenters. The molecule has 2 aromatic heterocycles. The molecule has 0 saturated carbocycles. The monoisotopic (exact) mass is 393 g/mol. The molecule has 0 aliphatic carbocycles. The van der Waals surface area contributed by atoms with Crippen LogP contribution in [-0.2, 0) is 17.8 Å². The zero-order chi connectivity index (χ0) is 17.8. The van der Waals surface area contributed by atoms with Gasteiger partial charge in [0.25, 0.3) is 5.56 Å². The third-order valence-electron chi connectivity index (χ3n) is 3.39. The average Bonchev–Trinajstić information content (AvgIpc) is 3.00. The number of aromatic nitrogens is 2. The lowest BCUT2D eigenvalue weighted by Crippen LogP contribution is -2.26. The van der Waals surface area contributed by atoms with E-state index in [1.807, 2.05) is 6.07 Å². The first-order valence-electron chi connectivity index (χ1n) is 7.35. The summed E-state index contributed by atoms with van der Waals surface area (Å²) < 4.78 is 1.33. The minimum absolute atomic E-state index is 0.0608. The van der Waals surface area contributed by atoms with E-state index in [-0.39, 0.29) is 18.0 Å². The number of carbonyl (C=O) groups excluding carboxylic acids is 1. The Morgan fingerprint density at radius 2 is 2.08 bits per heavy atom. The number of nitrogens with one attached hydrogen (secondary N) is 1. The topological polar surface area (TPSA) is 64.0 Å². The van der Waals surface area contributed by atoms with E-state index in [1.165, 1.54) is 22.0 Å². The maximum Gasteiger partial charge on any atom is 0.250 e. The van der Waals surface area contributed by atoms with Crippen LogP contribution >= 0.6 is 34.5 Å². The van der Waals surface area contributed by atoms with E-state index in [1.54, 1.807) is 36.7 Å². The van der Waals surface area contributed by atoms with Gasteiger partial charge >= 0.3 is 0 Å². The van der Waals surface area contributed by atoms with Crippen molar-refractivity contribution in [2.45, 2.75) is 13.0 Å². The molecule has 0 atom stereocenters. The lowest BCUT2D eigenvalue weighted by atomic mass is 10.1. The summed E-state index contributed by atoms with van der Waals surface area (Å²) >= 11 is 13.5. The van der Waals surface area contributed by atoms with Gasteiger partial charge in [-0.3, -0.25) is 9.59 Å². The van der Waals surface area contributed by atoms with Crippen molar-refractivity contribution < 1.29 is 4.79 Å². The molecule has 25 heavy (non-hydrogen) atoms. The molecule has 0 radical (unpaired) electrons. The van der Waals surface area contributed by atoms with Gasteiger partial charge in [0.2, 0.25) is 5.91 Å². The van der Waals surface area contributed by atoms with Crippen molar-refractivity contribution in [1.82, 2.24) is 9.55 Å². The van der Waals surface area contributed by atoms with Gasteiger partial charge in [0.05, 0.1) is 0 Å². The standard InChI is InChI=1S/C17H13Cl2N3O2S/c18-12-4-5-14(19)11(7-12)8-13-9-20-17(25-13)21-15(23)10-22-6-2-1-3-16(22)24/h1-7,9H,8,10H2,(H,20,21,23). The second kappa shape index (κ2) is 7.82. The molecule has 5 nitrogen and oxygen atoms in total. The molecule has 0 fully saturated rings. The van der Waals surface area contributed by atoms with Crippen molar-refractivity contribution in [3.05, 3.63) is 79.6 Å². The molecule has 0 spiro atoms. The van der Waals surface area contributed by atoms with Crippen molar-refractivity contribution >= 4 is 45.6 Å². The van der Waals surface area contributed by atoms with Gasteiger partial charge < -0.3 is 9.88 Å². The van der Waals surface area contributed by atoms with Crippen molar-refractivity contribution in [1.29, 1.82) is 0 Å². The van der Waals surface area contributed by atoms with Crippen LogP contribution in [0.1, 0.15) is 10.4 Å². The molecule has 8 heteroatoms. The third-order valence-corrected chi connectivity index (χ3v) is 4.90. The molecule has 0 aliphatic heterocycles. The molecule has 128 valence electrons.